The van der Waals surface area contributed by atoms with E-state index in [-0.39, 0.29) is 24.5 Å². The summed E-state index contributed by atoms with van der Waals surface area (Å²) in [4.78, 5) is 2.37. The molecule has 0 radical (unpaired) electrons. The number of nitrogens with one attached hydrogen (secondary N) is 1. The molecule has 0 amide bonds. The maximum Gasteiger partial charge on any atom is 0.142 e. The summed E-state index contributed by atoms with van der Waals surface area (Å²) in [6, 6.07) is 14.9. The molecule has 8 nitrogen and oxygen atoms in total. The molecule has 2 aliphatic rings. The fourth-order valence-electron chi connectivity index (χ4n) is 5.59. The number of aliphatic hydroxyl groups is 1. The van der Waals surface area contributed by atoms with Gasteiger partial charge in [-0.05, 0) is 35.2 Å². The standard InChI is InChI=1S/C31H46N2O6/c1-23(19-36-3)20-37-21-24-5-8-26(9-6-24)31-27(18-34)16-32-17-30(31)39-22-25-7-10-29-28(15-25)33(12-14-38-29)11-4-13-35-2/h5-10,15,23,27,30-32,34H,4,11-14,16-22H2,1-3H3. The van der Waals surface area contributed by atoms with E-state index in [4.69, 9.17) is 23.7 Å². The van der Waals surface area contributed by atoms with Gasteiger partial charge in [0.15, 0.2) is 0 Å². The van der Waals surface area contributed by atoms with Gasteiger partial charge in [0, 0.05) is 64.8 Å². The van der Waals surface area contributed by atoms with Gasteiger partial charge in [-0.15, -0.1) is 0 Å². The number of hydrogen-bond acceptors (Lipinski definition) is 8. The van der Waals surface area contributed by atoms with Gasteiger partial charge in [-0.25, -0.2) is 0 Å². The summed E-state index contributed by atoms with van der Waals surface area (Å²) in [5.74, 6) is 1.50. The van der Waals surface area contributed by atoms with Gasteiger partial charge >= 0.3 is 0 Å². The van der Waals surface area contributed by atoms with Crippen LogP contribution in [-0.4, -0.2) is 84.6 Å². The summed E-state index contributed by atoms with van der Waals surface area (Å²) in [6.45, 7) is 9.48. The molecule has 4 rings (SSSR count). The third-order valence-electron chi connectivity index (χ3n) is 7.61. The molecule has 1 fully saturated rings. The number of aliphatic hydroxyl groups excluding tert-OH is 1. The highest BCUT2D eigenvalue weighted by atomic mass is 16.5. The summed E-state index contributed by atoms with van der Waals surface area (Å²) >= 11 is 0. The van der Waals surface area contributed by atoms with Crippen LogP contribution in [0.2, 0.25) is 0 Å². The first-order valence-electron chi connectivity index (χ1n) is 14.2. The predicted molar refractivity (Wildman–Crippen MR) is 153 cm³/mol. The van der Waals surface area contributed by atoms with Gasteiger partial charge in [-0.3, -0.25) is 0 Å². The molecular weight excluding hydrogens is 496 g/mol. The van der Waals surface area contributed by atoms with Crippen molar-refractivity contribution in [2.75, 3.05) is 78.3 Å². The van der Waals surface area contributed by atoms with Gasteiger partial charge < -0.3 is 39.0 Å². The lowest BCUT2D eigenvalue weighted by Crippen LogP contribution is -2.47. The third-order valence-corrected chi connectivity index (χ3v) is 7.61. The van der Waals surface area contributed by atoms with Gasteiger partial charge in [0.1, 0.15) is 12.4 Å². The Labute approximate surface area is 233 Å². The van der Waals surface area contributed by atoms with Crippen LogP contribution >= 0.6 is 0 Å². The molecule has 8 heteroatoms. The van der Waals surface area contributed by atoms with E-state index in [1.165, 1.54) is 5.56 Å². The average Bonchev–Trinajstić information content (AvgIpc) is 2.96. The SMILES string of the molecule is COCCCN1CCOc2ccc(COC3CNCC(CO)C3c3ccc(COCC(C)COC)cc3)cc21. The zero-order chi connectivity index (χ0) is 27.5. The van der Waals surface area contributed by atoms with Gasteiger partial charge in [0.2, 0.25) is 0 Å². The average molecular weight is 543 g/mol. The van der Waals surface area contributed by atoms with Gasteiger partial charge in [-0.1, -0.05) is 37.3 Å². The summed E-state index contributed by atoms with van der Waals surface area (Å²) in [7, 11) is 3.46. The third kappa shape index (κ3) is 8.39. The second-order valence-corrected chi connectivity index (χ2v) is 10.8. The molecule has 4 atom stereocenters. The van der Waals surface area contributed by atoms with Crippen molar-refractivity contribution < 1.29 is 28.8 Å². The van der Waals surface area contributed by atoms with Crippen LogP contribution in [0.15, 0.2) is 42.5 Å². The van der Waals surface area contributed by atoms with Crippen LogP contribution in [-0.2, 0) is 32.2 Å². The first kappa shape index (κ1) is 29.8. The number of anilines is 1. The van der Waals surface area contributed by atoms with Crippen LogP contribution in [0.3, 0.4) is 0 Å². The molecule has 39 heavy (non-hydrogen) atoms. The minimum atomic E-state index is -0.0435. The normalized spacial score (nSPS) is 21.8. The van der Waals surface area contributed by atoms with E-state index in [1.807, 2.05) is 0 Å². The number of rotatable bonds is 15. The lowest BCUT2D eigenvalue weighted by Gasteiger charge is -2.38. The minimum absolute atomic E-state index is 0.0435. The van der Waals surface area contributed by atoms with E-state index < -0.39 is 0 Å². The number of benzene rings is 2. The van der Waals surface area contributed by atoms with Crippen molar-refractivity contribution >= 4 is 5.69 Å². The lowest BCUT2D eigenvalue weighted by molar-refractivity contribution is -0.0151. The molecule has 0 aromatic heterocycles. The molecule has 0 saturated carbocycles. The monoisotopic (exact) mass is 542 g/mol. The molecular formula is C31H46N2O6. The highest BCUT2D eigenvalue weighted by Gasteiger charge is 2.35. The molecule has 1 saturated heterocycles. The Morgan fingerprint density at radius 3 is 2.62 bits per heavy atom. The first-order chi connectivity index (χ1) is 19.1. The number of hydrogen-bond donors (Lipinski definition) is 2. The number of fused-ring (bicyclic) bond motifs is 1. The molecule has 2 aliphatic heterocycles. The van der Waals surface area contributed by atoms with Crippen molar-refractivity contribution in [1.29, 1.82) is 0 Å². The molecule has 0 bridgehead atoms. The number of piperidine rings is 1. The van der Waals surface area contributed by atoms with Crippen LogP contribution in [0.25, 0.3) is 0 Å². The van der Waals surface area contributed by atoms with Gasteiger partial charge in [0.05, 0.1) is 44.8 Å². The fraction of sp³-hybridized carbons (Fsp3) is 0.613. The zero-order valence-corrected chi connectivity index (χ0v) is 23.8. The van der Waals surface area contributed by atoms with Gasteiger partial charge in [0.25, 0.3) is 0 Å². The molecule has 216 valence electrons. The van der Waals surface area contributed by atoms with E-state index >= 15 is 0 Å². The summed E-state index contributed by atoms with van der Waals surface area (Å²) in [5.41, 5.74) is 4.58. The Kier molecular flexibility index (Phi) is 11.9. The largest absolute Gasteiger partial charge is 0.490 e. The van der Waals surface area contributed by atoms with E-state index in [1.54, 1.807) is 14.2 Å². The van der Waals surface area contributed by atoms with Crippen LogP contribution in [0.5, 0.6) is 5.75 Å². The second kappa shape index (κ2) is 15.6. The van der Waals surface area contributed by atoms with E-state index in [9.17, 15) is 5.11 Å². The van der Waals surface area contributed by atoms with Crippen molar-refractivity contribution in [1.82, 2.24) is 5.32 Å². The number of ether oxygens (including phenoxy) is 5. The van der Waals surface area contributed by atoms with Crippen molar-refractivity contribution in [2.24, 2.45) is 11.8 Å². The van der Waals surface area contributed by atoms with E-state index in [2.05, 4.69) is 59.6 Å². The number of methoxy groups -OCH3 is 2. The number of nitrogens with zero attached hydrogens (tertiary/aromatic N) is 1. The topological polar surface area (TPSA) is 81.7 Å². The highest BCUT2D eigenvalue weighted by molar-refractivity contribution is 5.61. The first-order valence-corrected chi connectivity index (χ1v) is 14.2. The fourth-order valence-corrected chi connectivity index (χ4v) is 5.59. The molecule has 2 aromatic rings. The van der Waals surface area contributed by atoms with E-state index in [0.717, 1.165) is 61.8 Å². The zero-order valence-electron chi connectivity index (χ0n) is 23.8. The Morgan fingerprint density at radius 2 is 1.85 bits per heavy atom. The molecule has 2 aromatic carbocycles. The minimum Gasteiger partial charge on any atom is -0.490 e. The van der Waals surface area contributed by atoms with Crippen molar-refractivity contribution in [2.45, 2.75) is 38.6 Å². The molecule has 0 aliphatic carbocycles. The Morgan fingerprint density at radius 1 is 1.03 bits per heavy atom. The summed E-state index contributed by atoms with van der Waals surface area (Å²) in [5, 5.41) is 13.7. The van der Waals surface area contributed by atoms with Crippen LogP contribution in [0, 0.1) is 11.8 Å². The maximum atomic E-state index is 10.2. The molecule has 4 unspecified atom stereocenters. The lowest BCUT2D eigenvalue weighted by atomic mass is 9.79. The summed E-state index contributed by atoms with van der Waals surface area (Å²) < 4.78 is 28.8. The Hall–Kier alpha value is -2.20. The summed E-state index contributed by atoms with van der Waals surface area (Å²) in [6.07, 6.45) is 0.935. The smallest absolute Gasteiger partial charge is 0.142 e. The van der Waals surface area contributed by atoms with Crippen molar-refractivity contribution in [3.63, 3.8) is 0 Å². The van der Waals surface area contributed by atoms with E-state index in [0.29, 0.717) is 39.0 Å². The van der Waals surface area contributed by atoms with Crippen molar-refractivity contribution in [3.05, 3.63) is 59.2 Å². The maximum absolute atomic E-state index is 10.2. The van der Waals surface area contributed by atoms with Crippen molar-refractivity contribution in [3.8, 4) is 5.75 Å². The van der Waals surface area contributed by atoms with Crippen LogP contribution < -0.4 is 15.0 Å². The quantitative estimate of drug-likeness (QED) is 0.331. The molecule has 0 spiro atoms. The predicted octanol–water partition coefficient (Wildman–Crippen LogP) is 3.60. The highest BCUT2D eigenvalue weighted by Crippen LogP contribution is 2.35. The van der Waals surface area contributed by atoms with Gasteiger partial charge in [-0.2, -0.15) is 0 Å². The Balaban J connectivity index is 1.39. The second-order valence-electron chi connectivity index (χ2n) is 10.8. The molecule has 2 N–H and O–H groups in total. The Bertz CT molecular complexity index is 988. The van der Waals surface area contributed by atoms with Crippen LogP contribution in [0.4, 0.5) is 5.69 Å². The molecule has 2 heterocycles. The van der Waals surface area contributed by atoms with Crippen LogP contribution in [0.1, 0.15) is 36.0 Å².